The minimum absolute atomic E-state index is 0.293. The van der Waals surface area contributed by atoms with Crippen LogP contribution < -0.4 is 0 Å². The first-order valence-corrected chi connectivity index (χ1v) is 8.13. The lowest BCUT2D eigenvalue weighted by molar-refractivity contribution is 0.0994. The predicted octanol–water partition coefficient (Wildman–Crippen LogP) is 4.26. The zero-order valence-corrected chi connectivity index (χ0v) is 13.0. The highest BCUT2D eigenvalue weighted by atomic mass is 16.1. The number of Topliss-reactive ketones (excluding diaryl/α,β-unsaturated/α-hetero) is 1. The molecular formula is C21H19NO. The molecular weight excluding hydrogens is 282 g/mol. The summed E-state index contributed by atoms with van der Waals surface area (Å²) in [4.78, 5) is 12.1. The van der Waals surface area contributed by atoms with Gasteiger partial charge in [0.15, 0.2) is 5.78 Å². The molecule has 23 heavy (non-hydrogen) atoms. The maximum Gasteiger partial charge on any atom is 0.165 e. The maximum absolute atomic E-state index is 12.1. The van der Waals surface area contributed by atoms with E-state index in [-0.39, 0.29) is 0 Å². The van der Waals surface area contributed by atoms with E-state index in [1.807, 2.05) is 12.1 Å². The maximum atomic E-state index is 12.1. The van der Waals surface area contributed by atoms with Gasteiger partial charge in [-0.2, -0.15) is 0 Å². The van der Waals surface area contributed by atoms with Crippen molar-refractivity contribution in [3.8, 4) is 0 Å². The summed E-state index contributed by atoms with van der Waals surface area (Å²) in [5, 5.41) is 0. The molecule has 1 aliphatic carbocycles. The van der Waals surface area contributed by atoms with E-state index in [1.165, 1.54) is 22.5 Å². The molecule has 0 bridgehead atoms. The first-order valence-electron chi connectivity index (χ1n) is 8.13. The number of ketones is 1. The number of carbonyl (C=O) groups excluding carboxylic acids is 1. The van der Waals surface area contributed by atoms with Crippen LogP contribution in [0.5, 0.6) is 0 Å². The van der Waals surface area contributed by atoms with Crippen molar-refractivity contribution in [3.63, 3.8) is 0 Å². The summed E-state index contributed by atoms with van der Waals surface area (Å²) in [5.74, 6) is 0.293. The highest BCUT2D eigenvalue weighted by Gasteiger charge is 2.26. The van der Waals surface area contributed by atoms with Crippen molar-refractivity contribution in [2.75, 3.05) is 0 Å². The van der Waals surface area contributed by atoms with Gasteiger partial charge in [-0.3, -0.25) is 4.79 Å². The third kappa shape index (κ3) is 2.72. The molecule has 2 aromatic carbocycles. The predicted molar refractivity (Wildman–Crippen MR) is 91.9 cm³/mol. The molecule has 0 saturated heterocycles. The van der Waals surface area contributed by atoms with Crippen molar-refractivity contribution in [2.45, 2.75) is 25.8 Å². The largest absolute Gasteiger partial charge is 0.343 e. The summed E-state index contributed by atoms with van der Waals surface area (Å²) in [7, 11) is 0. The molecule has 0 unspecified atom stereocenters. The van der Waals surface area contributed by atoms with Crippen LogP contribution in [-0.2, 0) is 19.4 Å². The van der Waals surface area contributed by atoms with Gasteiger partial charge in [0.1, 0.15) is 0 Å². The average molecular weight is 301 g/mol. The number of aromatic nitrogens is 1. The monoisotopic (exact) mass is 301 g/mol. The Hall–Kier alpha value is -2.61. The molecule has 3 aromatic rings. The third-order valence-electron chi connectivity index (χ3n) is 4.60. The fourth-order valence-corrected chi connectivity index (χ4v) is 3.44. The number of rotatable bonds is 4. The van der Waals surface area contributed by atoms with Crippen LogP contribution in [0.1, 0.15) is 39.3 Å². The Morgan fingerprint density at radius 1 is 0.826 bits per heavy atom. The number of fused-ring (bicyclic) bond motifs is 1. The number of nitrogens with zero attached hydrogens (tertiary/aromatic N) is 1. The Balaban J connectivity index is 1.73. The van der Waals surface area contributed by atoms with Gasteiger partial charge in [-0.05, 0) is 23.6 Å². The van der Waals surface area contributed by atoms with Crippen LogP contribution in [0, 0.1) is 0 Å². The summed E-state index contributed by atoms with van der Waals surface area (Å²) in [6.07, 6.45) is 2.40. The van der Waals surface area contributed by atoms with Crippen LogP contribution in [0.25, 0.3) is 0 Å². The van der Waals surface area contributed by atoms with E-state index in [4.69, 9.17) is 0 Å². The van der Waals surface area contributed by atoms with Crippen molar-refractivity contribution in [2.24, 2.45) is 0 Å². The van der Waals surface area contributed by atoms with Crippen molar-refractivity contribution >= 4 is 5.78 Å². The third-order valence-corrected chi connectivity index (χ3v) is 4.60. The van der Waals surface area contributed by atoms with Crippen LogP contribution in [0.15, 0.2) is 66.7 Å². The second-order valence-corrected chi connectivity index (χ2v) is 6.15. The molecule has 0 saturated carbocycles. The van der Waals surface area contributed by atoms with Gasteiger partial charge in [0, 0.05) is 36.3 Å². The molecule has 0 spiro atoms. The van der Waals surface area contributed by atoms with Gasteiger partial charge in [-0.1, -0.05) is 60.7 Å². The van der Waals surface area contributed by atoms with E-state index in [1.54, 1.807) is 0 Å². The molecule has 0 amide bonds. The lowest BCUT2D eigenvalue weighted by atomic mass is 10.1. The fraction of sp³-hybridized carbons (Fsp3) is 0.190. The number of benzene rings is 2. The standard InChI is InChI=1S/C21H19NO/c23-21-12-11-20-19(21)14-18(13-16-7-3-1-4-8-16)22(20)15-17-9-5-2-6-10-17/h1-10,14H,11-13,15H2. The number of hydrogen-bond acceptors (Lipinski definition) is 1. The minimum Gasteiger partial charge on any atom is -0.343 e. The van der Waals surface area contributed by atoms with Crippen LogP contribution >= 0.6 is 0 Å². The van der Waals surface area contributed by atoms with Crippen molar-refractivity contribution < 1.29 is 4.79 Å². The van der Waals surface area contributed by atoms with Gasteiger partial charge < -0.3 is 4.57 Å². The number of carbonyl (C=O) groups is 1. The zero-order valence-electron chi connectivity index (χ0n) is 13.0. The van der Waals surface area contributed by atoms with E-state index >= 15 is 0 Å². The molecule has 2 nitrogen and oxygen atoms in total. The van der Waals surface area contributed by atoms with Crippen molar-refractivity contribution in [1.82, 2.24) is 4.57 Å². The van der Waals surface area contributed by atoms with Gasteiger partial charge in [0.2, 0.25) is 0 Å². The van der Waals surface area contributed by atoms with Gasteiger partial charge >= 0.3 is 0 Å². The normalized spacial score (nSPS) is 13.3. The molecule has 1 aromatic heterocycles. The summed E-state index contributed by atoms with van der Waals surface area (Å²) < 4.78 is 2.35. The Morgan fingerprint density at radius 3 is 2.17 bits per heavy atom. The van der Waals surface area contributed by atoms with E-state index < -0.39 is 0 Å². The second-order valence-electron chi connectivity index (χ2n) is 6.15. The van der Waals surface area contributed by atoms with E-state index in [2.05, 4.69) is 59.2 Å². The molecule has 0 radical (unpaired) electrons. The molecule has 1 aliphatic rings. The quantitative estimate of drug-likeness (QED) is 0.706. The lowest BCUT2D eigenvalue weighted by Gasteiger charge is -2.13. The van der Waals surface area contributed by atoms with E-state index in [9.17, 15) is 4.79 Å². The van der Waals surface area contributed by atoms with Gasteiger partial charge in [0.25, 0.3) is 0 Å². The van der Waals surface area contributed by atoms with Gasteiger partial charge in [-0.15, -0.1) is 0 Å². The van der Waals surface area contributed by atoms with E-state index in [0.717, 1.165) is 24.9 Å². The molecule has 4 rings (SSSR count). The second kappa shape index (κ2) is 5.88. The van der Waals surface area contributed by atoms with Gasteiger partial charge in [-0.25, -0.2) is 0 Å². The molecule has 0 aliphatic heterocycles. The molecule has 2 heteroatoms. The minimum atomic E-state index is 0.293. The molecule has 0 N–H and O–H groups in total. The highest BCUT2D eigenvalue weighted by Crippen LogP contribution is 2.28. The summed E-state index contributed by atoms with van der Waals surface area (Å²) >= 11 is 0. The Morgan fingerprint density at radius 2 is 1.48 bits per heavy atom. The first kappa shape index (κ1) is 14.0. The Bertz CT molecular complexity index is 831. The van der Waals surface area contributed by atoms with Gasteiger partial charge in [0.05, 0.1) is 0 Å². The van der Waals surface area contributed by atoms with Crippen LogP contribution in [0.2, 0.25) is 0 Å². The summed E-state index contributed by atoms with van der Waals surface area (Å²) in [6.45, 7) is 0.839. The zero-order chi connectivity index (χ0) is 15.6. The SMILES string of the molecule is O=C1CCc2c1cc(Cc1ccccc1)n2Cc1ccccc1. The topological polar surface area (TPSA) is 22.0 Å². The van der Waals surface area contributed by atoms with E-state index in [0.29, 0.717) is 12.2 Å². The Kier molecular flexibility index (Phi) is 3.58. The molecule has 0 fully saturated rings. The van der Waals surface area contributed by atoms with Crippen LogP contribution in [-0.4, -0.2) is 10.4 Å². The van der Waals surface area contributed by atoms with Crippen molar-refractivity contribution in [1.29, 1.82) is 0 Å². The average Bonchev–Trinajstić information content (AvgIpc) is 3.11. The van der Waals surface area contributed by atoms with Crippen LogP contribution in [0.4, 0.5) is 0 Å². The van der Waals surface area contributed by atoms with Crippen LogP contribution in [0.3, 0.4) is 0 Å². The molecule has 1 heterocycles. The first-order chi connectivity index (χ1) is 11.3. The smallest absolute Gasteiger partial charge is 0.165 e. The lowest BCUT2D eigenvalue weighted by Crippen LogP contribution is -2.08. The fourth-order valence-electron chi connectivity index (χ4n) is 3.44. The molecule has 114 valence electrons. The summed E-state index contributed by atoms with van der Waals surface area (Å²) in [6, 6.07) is 23.1. The summed E-state index contributed by atoms with van der Waals surface area (Å²) in [5.41, 5.74) is 5.94. The Labute approximate surface area is 136 Å². The van der Waals surface area contributed by atoms with Crippen molar-refractivity contribution in [3.05, 3.63) is 94.8 Å². The highest BCUT2D eigenvalue weighted by molar-refractivity contribution is 6.00. The number of hydrogen-bond donors (Lipinski definition) is 0. The molecule has 0 atom stereocenters.